The minimum Gasteiger partial charge on any atom is -0.476 e. The molecule has 1 aliphatic heterocycles. The second-order valence-corrected chi connectivity index (χ2v) is 10.9. The molecule has 4 aliphatic rings. The lowest BCUT2D eigenvalue weighted by Gasteiger charge is -2.68. The molecule has 2 bridgehead atoms. The topological polar surface area (TPSA) is 102 Å². The van der Waals surface area contributed by atoms with E-state index < -0.39 is 0 Å². The molecule has 4 heterocycles. The molecule has 3 aliphatic carbocycles. The number of piperidine rings is 1. The summed E-state index contributed by atoms with van der Waals surface area (Å²) in [6.45, 7) is 9.28. The van der Waals surface area contributed by atoms with Crippen molar-refractivity contribution in [3.05, 3.63) is 46.0 Å². The number of ketones is 1. The van der Waals surface area contributed by atoms with E-state index in [-0.39, 0.29) is 22.4 Å². The summed E-state index contributed by atoms with van der Waals surface area (Å²) in [5.41, 5.74) is 1.71. The van der Waals surface area contributed by atoms with Gasteiger partial charge < -0.3 is 10.1 Å². The van der Waals surface area contributed by atoms with Crippen LogP contribution in [0.25, 0.3) is 11.0 Å². The van der Waals surface area contributed by atoms with Gasteiger partial charge in [0.05, 0.1) is 23.0 Å². The molecule has 1 N–H and O–H groups in total. The summed E-state index contributed by atoms with van der Waals surface area (Å²) >= 11 is 0. The SMILES string of the molecule is CC(=O)c1c(C)c2cnc(Nc3ccc(OCCN4CCCCC4)nc3)nc2n(C23CC(C2)[C@H]3C)c1=O. The Morgan fingerprint density at radius 2 is 1.95 bits per heavy atom. The zero-order chi connectivity index (χ0) is 25.7. The number of likely N-dealkylation sites (tertiary alicyclic amines) is 1. The van der Waals surface area contributed by atoms with Gasteiger partial charge in [0.2, 0.25) is 11.8 Å². The smallest absolute Gasteiger partial charge is 0.263 e. The number of nitrogens with zero attached hydrogens (tertiary/aromatic N) is 5. The number of carbonyl (C=O) groups excluding carboxylic acids is 1. The van der Waals surface area contributed by atoms with Crippen molar-refractivity contribution in [3.8, 4) is 5.88 Å². The number of rotatable bonds is 8. The Morgan fingerprint density at radius 3 is 2.57 bits per heavy atom. The Kier molecular flexibility index (Phi) is 5.98. The van der Waals surface area contributed by atoms with Crippen LogP contribution >= 0.6 is 0 Å². The van der Waals surface area contributed by atoms with Crippen LogP contribution in [0.2, 0.25) is 0 Å². The Hall–Kier alpha value is -3.33. The van der Waals surface area contributed by atoms with E-state index in [1.165, 1.54) is 26.2 Å². The van der Waals surface area contributed by atoms with E-state index in [0.29, 0.717) is 41.5 Å². The summed E-state index contributed by atoms with van der Waals surface area (Å²) < 4.78 is 7.63. The Morgan fingerprint density at radius 1 is 1.16 bits per heavy atom. The fourth-order valence-corrected chi connectivity index (χ4v) is 6.41. The Bertz CT molecular complexity index is 1400. The zero-order valence-corrected chi connectivity index (χ0v) is 21.8. The van der Waals surface area contributed by atoms with Crippen LogP contribution in [-0.4, -0.2) is 56.4 Å². The van der Waals surface area contributed by atoms with Gasteiger partial charge in [-0.3, -0.25) is 19.1 Å². The van der Waals surface area contributed by atoms with E-state index in [0.717, 1.165) is 43.5 Å². The van der Waals surface area contributed by atoms with Crippen molar-refractivity contribution < 1.29 is 9.53 Å². The van der Waals surface area contributed by atoms with Gasteiger partial charge in [0, 0.05) is 24.2 Å². The lowest BCUT2D eigenvalue weighted by Crippen LogP contribution is -2.69. The number of carbonyl (C=O) groups is 1. The highest BCUT2D eigenvalue weighted by Crippen LogP contribution is 2.66. The highest BCUT2D eigenvalue weighted by atomic mass is 16.5. The molecular weight excluding hydrogens is 468 g/mol. The highest BCUT2D eigenvalue weighted by Gasteiger charge is 2.65. The minimum atomic E-state index is -0.252. The van der Waals surface area contributed by atoms with Gasteiger partial charge in [-0.15, -0.1) is 0 Å². The average Bonchev–Trinajstić information content (AvgIpc) is 2.87. The maximum atomic E-state index is 13.6. The van der Waals surface area contributed by atoms with E-state index in [9.17, 15) is 9.59 Å². The molecule has 3 saturated carbocycles. The van der Waals surface area contributed by atoms with Gasteiger partial charge in [-0.25, -0.2) is 9.97 Å². The van der Waals surface area contributed by atoms with E-state index in [1.807, 2.05) is 12.1 Å². The molecule has 9 heteroatoms. The summed E-state index contributed by atoms with van der Waals surface area (Å²) in [4.78, 5) is 42.1. The first-order valence-corrected chi connectivity index (χ1v) is 13.4. The molecule has 9 nitrogen and oxygen atoms in total. The second kappa shape index (κ2) is 9.20. The van der Waals surface area contributed by atoms with Gasteiger partial charge in [0.25, 0.3) is 5.56 Å². The predicted molar refractivity (Wildman–Crippen MR) is 142 cm³/mol. The second-order valence-electron chi connectivity index (χ2n) is 10.9. The number of nitrogens with one attached hydrogen (secondary N) is 1. The van der Waals surface area contributed by atoms with Crippen LogP contribution < -0.4 is 15.6 Å². The van der Waals surface area contributed by atoms with Gasteiger partial charge in [-0.2, -0.15) is 4.98 Å². The van der Waals surface area contributed by atoms with Crippen molar-refractivity contribution >= 4 is 28.5 Å². The van der Waals surface area contributed by atoms with Crippen molar-refractivity contribution in [2.75, 3.05) is 31.6 Å². The third kappa shape index (κ3) is 4.00. The Balaban J connectivity index is 1.24. The van der Waals surface area contributed by atoms with Gasteiger partial charge in [-0.1, -0.05) is 13.3 Å². The quantitative estimate of drug-likeness (QED) is 0.460. The molecule has 37 heavy (non-hydrogen) atoms. The summed E-state index contributed by atoms with van der Waals surface area (Å²) in [6, 6.07) is 3.72. The lowest BCUT2D eigenvalue weighted by molar-refractivity contribution is -0.162. The summed E-state index contributed by atoms with van der Waals surface area (Å²) in [5.74, 6) is 1.80. The molecule has 3 aromatic rings. The normalized spacial score (nSPS) is 24.8. The molecule has 0 unspecified atom stereocenters. The fourth-order valence-electron chi connectivity index (χ4n) is 6.41. The number of hydrogen-bond donors (Lipinski definition) is 1. The first-order chi connectivity index (χ1) is 17.9. The first kappa shape index (κ1) is 24.0. The molecule has 0 aromatic carbocycles. The van der Waals surface area contributed by atoms with Crippen molar-refractivity contribution in [1.82, 2.24) is 24.4 Å². The maximum absolute atomic E-state index is 13.6. The van der Waals surface area contributed by atoms with Crippen LogP contribution in [0.1, 0.15) is 61.9 Å². The molecule has 0 amide bonds. The third-order valence-corrected chi connectivity index (χ3v) is 8.86. The highest BCUT2D eigenvalue weighted by molar-refractivity contribution is 5.99. The molecule has 7 rings (SSSR count). The van der Waals surface area contributed by atoms with E-state index in [1.54, 1.807) is 23.9 Å². The largest absolute Gasteiger partial charge is 0.476 e. The minimum absolute atomic E-state index is 0.219. The maximum Gasteiger partial charge on any atom is 0.263 e. The van der Waals surface area contributed by atoms with Crippen LogP contribution in [0.3, 0.4) is 0 Å². The summed E-state index contributed by atoms with van der Waals surface area (Å²) in [6.07, 6.45) is 9.19. The molecule has 1 atom stereocenters. The van der Waals surface area contributed by atoms with E-state index in [2.05, 4.69) is 27.1 Å². The molecule has 1 saturated heterocycles. The first-order valence-electron chi connectivity index (χ1n) is 13.4. The van der Waals surface area contributed by atoms with Gasteiger partial charge in [0.15, 0.2) is 5.78 Å². The zero-order valence-electron chi connectivity index (χ0n) is 21.8. The van der Waals surface area contributed by atoms with Crippen molar-refractivity contribution in [2.45, 2.75) is 58.4 Å². The van der Waals surface area contributed by atoms with Crippen LogP contribution in [0.4, 0.5) is 11.6 Å². The molecular formula is C28H34N6O3. The van der Waals surface area contributed by atoms with Crippen LogP contribution in [0.15, 0.2) is 29.3 Å². The van der Waals surface area contributed by atoms with E-state index >= 15 is 0 Å². The number of pyridine rings is 2. The third-order valence-electron chi connectivity index (χ3n) is 8.86. The van der Waals surface area contributed by atoms with E-state index in [4.69, 9.17) is 9.72 Å². The monoisotopic (exact) mass is 502 g/mol. The number of hydrogen-bond acceptors (Lipinski definition) is 8. The lowest BCUT2D eigenvalue weighted by atomic mass is 9.42. The molecule has 0 spiro atoms. The summed E-state index contributed by atoms with van der Waals surface area (Å²) in [5, 5.41) is 3.95. The van der Waals surface area contributed by atoms with Crippen molar-refractivity contribution in [3.63, 3.8) is 0 Å². The molecule has 194 valence electrons. The molecule has 0 radical (unpaired) electrons. The average molecular weight is 503 g/mol. The van der Waals surface area contributed by atoms with Crippen LogP contribution in [-0.2, 0) is 5.54 Å². The van der Waals surface area contributed by atoms with Crippen LogP contribution in [0.5, 0.6) is 5.88 Å². The number of fused-ring (bicyclic) bond motifs is 1. The van der Waals surface area contributed by atoms with Gasteiger partial charge >= 0.3 is 0 Å². The Labute approximate surface area is 216 Å². The molecule has 3 aromatic heterocycles. The van der Waals surface area contributed by atoms with Crippen molar-refractivity contribution in [1.29, 1.82) is 0 Å². The van der Waals surface area contributed by atoms with Gasteiger partial charge in [0.1, 0.15) is 12.3 Å². The number of aryl methyl sites for hydroxylation is 1. The number of ether oxygens (including phenoxy) is 1. The van der Waals surface area contributed by atoms with Crippen molar-refractivity contribution in [2.24, 2.45) is 11.8 Å². The fraction of sp³-hybridized carbons (Fsp3) is 0.536. The number of Topliss-reactive ketones (excluding diaryl/α,β-unsaturated/α-hetero) is 1. The summed E-state index contributed by atoms with van der Waals surface area (Å²) in [7, 11) is 0. The van der Waals surface area contributed by atoms with Crippen LogP contribution in [0, 0.1) is 18.8 Å². The predicted octanol–water partition coefficient (Wildman–Crippen LogP) is 4.06. The molecule has 4 fully saturated rings. The van der Waals surface area contributed by atoms with Gasteiger partial charge in [-0.05, 0) is 76.1 Å². The number of aromatic nitrogens is 4. The number of anilines is 2. The standard InChI is InChI=1S/C28H34N6O3/c1-17-22-16-30-27(31-21-7-8-23(29-15-21)37-12-11-33-9-5-4-6-10-33)32-25(22)34(26(36)24(17)19(3)35)28-13-20(14-28)18(28)2/h7-8,15-16,18,20H,4-6,9-14H2,1-3H3,(H,30,31,32)/t18-,20?,28?/m1/s1.